The highest BCUT2D eigenvalue weighted by atomic mass is 19.1. The highest BCUT2D eigenvalue weighted by molar-refractivity contribution is 5.53. The van der Waals surface area contributed by atoms with Crippen LogP contribution in [0.15, 0.2) is 30.6 Å². The van der Waals surface area contributed by atoms with Crippen LogP contribution in [0.1, 0.15) is 5.56 Å². The Kier molecular flexibility index (Phi) is 5.09. The Morgan fingerprint density at radius 2 is 1.67 bits per heavy atom. The van der Waals surface area contributed by atoms with E-state index in [0.29, 0.717) is 24.3 Å². The second kappa shape index (κ2) is 7.66. The van der Waals surface area contributed by atoms with Crippen LogP contribution in [0, 0.1) is 5.82 Å². The summed E-state index contributed by atoms with van der Waals surface area (Å²) in [7, 11) is 1.72. The van der Waals surface area contributed by atoms with E-state index in [9.17, 15) is 9.50 Å². The van der Waals surface area contributed by atoms with Crippen molar-refractivity contribution in [2.75, 3.05) is 61.1 Å². The molecule has 4 rings (SSSR count). The molecule has 2 saturated heterocycles. The molecular formula is C19H24FN5O2. The van der Waals surface area contributed by atoms with Crippen molar-refractivity contribution in [3.63, 3.8) is 0 Å². The number of aliphatic hydroxyl groups excluding tert-OH is 1. The number of anilines is 3. The van der Waals surface area contributed by atoms with Crippen LogP contribution in [0.5, 0.6) is 0 Å². The van der Waals surface area contributed by atoms with Crippen molar-refractivity contribution < 1.29 is 14.2 Å². The molecule has 0 unspecified atom stereocenters. The largest absolute Gasteiger partial charge is 0.392 e. The average Bonchev–Trinajstić information content (AvgIpc) is 2.68. The van der Waals surface area contributed by atoms with Gasteiger partial charge in [-0.05, 0) is 6.07 Å². The van der Waals surface area contributed by atoms with E-state index in [-0.39, 0.29) is 18.5 Å². The normalized spacial score (nSPS) is 18.0. The van der Waals surface area contributed by atoms with E-state index >= 15 is 0 Å². The molecule has 0 aliphatic carbocycles. The highest BCUT2D eigenvalue weighted by Gasteiger charge is 2.28. The molecule has 1 aromatic carbocycles. The van der Waals surface area contributed by atoms with E-state index in [1.54, 1.807) is 37.7 Å². The van der Waals surface area contributed by atoms with E-state index in [4.69, 9.17) is 4.74 Å². The van der Waals surface area contributed by atoms with Gasteiger partial charge in [-0.1, -0.05) is 12.1 Å². The van der Waals surface area contributed by atoms with Gasteiger partial charge >= 0.3 is 0 Å². The van der Waals surface area contributed by atoms with E-state index in [0.717, 1.165) is 37.8 Å². The number of methoxy groups -OCH3 is 1. The molecular weight excluding hydrogens is 349 g/mol. The second-order valence-electron chi connectivity index (χ2n) is 6.88. The van der Waals surface area contributed by atoms with Gasteiger partial charge in [0.15, 0.2) is 5.82 Å². The predicted octanol–water partition coefficient (Wildman–Crippen LogP) is 1.27. The topological polar surface area (TPSA) is 65.0 Å². The van der Waals surface area contributed by atoms with Gasteiger partial charge in [0.05, 0.1) is 30.8 Å². The molecule has 2 aliphatic heterocycles. The van der Waals surface area contributed by atoms with Crippen LogP contribution in [-0.4, -0.2) is 67.6 Å². The number of aromatic nitrogens is 2. The summed E-state index contributed by atoms with van der Waals surface area (Å²) in [6.07, 6.45) is 3.89. The fraction of sp³-hybridized carbons (Fsp3) is 0.474. The fourth-order valence-electron chi connectivity index (χ4n) is 3.52. The van der Waals surface area contributed by atoms with Crippen molar-refractivity contribution >= 4 is 17.3 Å². The zero-order valence-corrected chi connectivity index (χ0v) is 15.4. The Morgan fingerprint density at radius 3 is 2.26 bits per heavy atom. The molecule has 3 heterocycles. The van der Waals surface area contributed by atoms with Crippen molar-refractivity contribution in [2.24, 2.45) is 0 Å². The van der Waals surface area contributed by atoms with Gasteiger partial charge < -0.3 is 24.5 Å². The monoisotopic (exact) mass is 373 g/mol. The zero-order chi connectivity index (χ0) is 18.8. The minimum absolute atomic E-state index is 0.282. The van der Waals surface area contributed by atoms with Crippen LogP contribution in [0.4, 0.5) is 21.7 Å². The Morgan fingerprint density at radius 1 is 1.04 bits per heavy atom. The molecule has 2 fully saturated rings. The Bertz CT molecular complexity index is 774. The number of halogens is 1. The first-order chi connectivity index (χ1) is 13.2. The fourth-order valence-corrected chi connectivity index (χ4v) is 3.52. The van der Waals surface area contributed by atoms with Gasteiger partial charge in [-0.15, -0.1) is 0 Å². The van der Waals surface area contributed by atoms with Crippen LogP contribution in [0.3, 0.4) is 0 Å². The number of nitrogens with zero attached hydrogens (tertiary/aromatic N) is 5. The standard InChI is InChI=1S/C19H24FN5O2/c1-27-15-11-25(12-15)18-10-21-17(9-22-18)24-7-5-23(6-8-24)16-4-2-3-14(13-26)19(16)20/h2-4,9-10,15,26H,5-8,11-13H2,1H3. The third-order valence-corrected chi connectivity index (χ3v) is 5.30. The minimum atomic E-state index is -0.332. The summed E-state index contributed by atoms with van der Waals surface area (Å²) < 4.78 is 19.7. The first kappa shape index (κ1) is 17.9. The molecule has 1 aromatic heterocycles. The Balaban J connectivity index is 1.37. The minimum Gasteiger partial charge on any atom is -0.392 e. The molecule has 27 heavy (non-hydrogen) atoms. The van der Waals surface area contributed by atoms with Gasteiger partial charge in [-0.25, -0.2) is 14.4 Å². The number of rotatable bonds is 5. The molecule has 0 saturated carbocycles. The molecule has 0 amide bonds. The van der Waals surface area contributed by atoms with Crippen molar-refractivity contribution in [3.8, 4) is 0 Å². The van der Waals surface area contributed by atoms with Crippen LogP contribution in [-0.2, 0) is 11.3 Å². The maximum absolute atomic E-state index is 14.4. The molecule has 144 valence electrons. The molecule has 2 aliphatic rings. The van der Waals surface area contributed by atoms with Crippen LogP contribution in [0.25, 0.3) is 0 Å². The third kappa shape index (κ3) is 3.54. The zero-order valence-electron chi connectivity index (χ0n) is 15.4. The molecule has 0 atom stereocenters. The maximum Gasteiger partial charge on any atom is 0.151 e. The van der Waals surface area contributed by atoms with E-state index in [2.05, 4.69) is 19.8 Å². The SMILES string of the molecule is COC1CN(c2cnc(N3CCN(c4cccc(CO)c4F)CC3)cn2)C1. The lowest BCUT2D eigenvalue weighted by Gasteiger charge is -2.39. The smallest absolute Gasteiger partial charge is 0.151 e. The third-order valence-electron chi connectivity index (χ3n) is 5.30. The highest BCUT2D eigenvalue weighted by Crippen LogP contribution is 2.25. The average molecular weight is 373 g/mol. The number of aliphatic hydroxyl groups is 1. The first-order valence-corrected chi connectivity index (χ1v) is 9.17. The van der Waals surface area contributed by atoms with E-state index in [1.165, 1.54) is 0 Å². The second-order valence-corrected chi connectivity index (χ2v) is 6.88. The molecule has 0 radical (unpaired) electrons. The lowest BCUT2D eigenvalue weighted by atomic mass is 10.1. The van der Waals surface area contributed by atoms with Gasteiger partial charge in [0.1, 0.15) is 11.6 Å². The number of hydrogen-bond donors (Lipinski definition) is 1. The van der Waals surface area contributed by atoms with Crippen LogP contribution < -0.4 is 14.7 Å². The number of piperazine rings is 1. The van der Waals surface area contributed by atoms with Crippen molar-refractivity contribution in [3.05, 3.63) is 42.0 Å². The van der Waals surface area contributed by atoms with E-state index in [1.807, 2.05) is 4.90 Å². The number of ether oxygens (including phenoxy) is 1. The van der Waals surface area contributed by atoms with Gasteiger partial charge in [0.2, 0.25) is 0 Å². The van der Waals surface area contributed by atoms with Gasteiger partial charge in [0.25, 0.3) is 0 Å². The maximum atomic E-state index is 14.4. The summed E-state index contributed by atoms with van der Waals surface area (Å²) in [4.78, 5) is 15.4. The lowest BCUT2D eigenvalue weighted by Crippen LogP contribution is -2.52. The molecule has 7 nitrogen and oxygen atoms in total. The van der Waals surface area contributed by atoms with Crippen LogP contribution in [0.2, 0.25) is 0 Å². The predicted molar refractivity (Wildman–Crippen MR) is 102 cm³/mol. The van der Waals surface area contributed by atoms with Gasteiger partial charge in [0, 0.05) is 51.9 Å². The summed E-state index contributed by atoms with van der Waals surface area (Å²) in [5.74, 6) is 1.38. The van der Waals surface area contributed by atoms with Crippen molar-refractivity contribution in [2.45, 2.75) is 12.7 Å². The molecule has 2 aromatic rings. The number of benzene rings is 1. The van der Waals surface area contributed by atoms with Crippen LogP contribution >= 0.6 is 0 Å². The molecule has 1 N–H and O–H groups in total. The van der Waals surface area contributed by atoms with Crippen molar-refractivity contribution in [1.82, 2.24) is 9.97 Å². The Labute approximate surface area is 158 Å². The molecule has 0 spiro atoms. The lowest BCUT2D eigenvalue weighted by molar-refractivity contribution is 0.0783. The summed E-state index contributed by atoms with van der Waals surface area (Å²) >= 11 is 0. The summed E-state index contributed by atoms with van der Waals surface area (Å²) in [6, 6.07) is 5.16. The number of hydrogen-bond acceptors (Lipinski definition) is 7. The quantitative estimate of drug-likeness (QED) is 0.847. The van der Waals surface area contributed by atoms with Gasteiger partial charge in [-0.3, -0.25) is 0 Å². The summed E-state index contributed by atoms with van der Waals surface area (Å²) in [5, 5.41) is 9.25. The molecule has 0 bridgehead atoms. The summed E-state index contributed by atoms with van der Waals surface area (Å²) in [6.45, 7) is 4.28. The van der Waals surface area contributed by atoms with Gasteiger partial charge in [-0.2, -0.15) is 0 Å². The first-order valence-electron chi connectivity index (χ1n) is 9.17. The Hall–Kier alpha value is -2.45. The van der Waals surface area contributed by atoms with Crippen molar-refractivity contribution in [1.29, 1.82) is 0 Å². The molecule has 8 heteroatoms. The van der Waals surface area contributed by atoms with E-state index < -0.39 is 0 Å². The summed E-state index contributed by atoms with van der Waals surface area (Å²) in [5.41, 5.74) is 0.881.